The van der Waals surface area contributed by atoms with Crippen LogP contribution >= 0.6 is 0 Å². The second-order valence-electron chi connectivity index (χ2n) is 5.52. The van der Waals surface area contributed by atoms with Crippen molar-refractivity contribution in [3.63, 3.8) is 0 Å². The van der Waals surface area contributed by atoms with Crippen LogP contribution in [0.1, 0.15) is 23.7 Å². The molecule has 1 aromatic rings. The summed E-state index contributed by atoms with van der Waals surface area (Å²) in [5, 5.41) is 0. The van der Waals surface area contributed by atoms with Crippen molar-refractivity contribution in [2.24, 2.45) is 5.92 Å². The highest BCUT2D eigenvalue weighted by molar-refractivity contribution is 5.99. The van der Waals surface area contributed by atoms with Crippen LogP contribution in [0.5, 0.6) is 0 Å². The molecule has 1 unspecified atom stereocenters. The van der Waals surface area contributed by atoms with Gasteiger partial charge < -0.3 is 9.80 Å². The highest BCUT2D eigenvalue weighted by Crippen LogP contribution is 2.24. The lowest BCUT2D eigenvalue weighted by Crippen LogP contribution is -2.28. The first kappa shape index (κ1) is 14.0. The molecule has 1 atom stereocenters. The van der Waals surface area contributed by atoms with Crippen molar-refractivity contribution >= 4 is 11.5 Å². The predicted molar refractivity (Wildman–Crippen MR) is 75.3 cm³/mol. The molecule has 0 aliphatic carbocycles. The molecule has 1 fully saturated rings. The fourth-order valence-corrected chi connectivity index (χ4v) is 2.78. The summed E-state index contributed by atoms with van der Waals surface area (Å²) in [7, 11) is 4.09. The van der Waals surface area contributed by atoms with E-state index in [1.54, 1.807) is 6.07 Å². The highest BCUT2D eigenvalue weighted by atomic mass is 19.1. The molecule has 0 radical (unpaired) electrons. The topological polar surface area (TPSA) is 23.6 Å². The summed E-state index contributed by atoms with van der Waals surface area (Å²) >= 11 is 0. The molecule has 1 saturated heterocycles. The van der Waals surface area contributed by atoms with Crippen LogP contribution in [0.15, 0.2) is 18.2 Å². The van der Waals surface area contributed by atoms with E-state index in [0.717, 1.165) is 25.3 Å². The van der Waals surface area contributed by atoms with Crippen molar-refractivity contribution in [2.45, 2.75) is 13.3 Å². The van der Waals surface area contributed by atoms with Crippen LogP contribution in [0.4, 0.5) is 10.1 Å². The Labute approximate surface area is 114 Å². The molecule has 0 saturated carbocycles. The third-order valence-electron chi connectivity index (χ3n) is 3.77. The van der Waals surface area contributed by atoms with Gasteiger partial charge in [0.2, 0.25) is 0 Å². The minimum atomic E-state index is -0.358. The van der Waals surface area contributed by atoms with E-state index in [9.17, 15) is 9.18 Å². The minimum absolute atomic E-state index is 0.0927. The zero-order valence-electron chi connectivity index (χ0n) is 11.8. The Balaban J connectivity index is 2.14. The number of carbonyl (C=O) groups is 1. The van der Waals surface area contributed by atoms with Gasteiger partial charge in [-0.25, -0.2) is 4.39 Å². The molecule has 0 spiro atoms. The molecule has 104 valence electrons. The zero-order chi connectivity index (χ0) is 14.0. The van der Waals surface area contributed by atoms with Gasteiger partial charge in [0.15, 0.2) is 5.78 Å². The number of halogens is 1. The lowest BCUT2D eigenvalue weighted by Gasteiger charge is -2.25. The lowest BCUT2D eigenvalue weighted by atomic mass is 10.1. The second-order valence-corrected chi connectivity index (χ2v) is 5.52. The van der Waals surface area contributed by atoms with Crippen LogP contribution in [-0.4, -0.2) is 44.4 Å². The van der Waals surface area contributed by atoms with E-state index in [0.29, 0.717) is 11.5 Å². The number of benzene rings is 1. The van der Waals surface area contributed by atoms with E-state index >= 15 is 0 Å². The van der Waals surface area contributed by atoms with E-state index in [1.165, 1.54) is 25.5 Å². The number of rotatable bonds is 4. The van der Waals surface area contributed by atoms with Crippen molar-refractivity contribution in [1.82, 2.24) is 4.90 Å². The Kier molecular flexibility index (Phi) is 4.20. The standard InChI is InChI=1S/C15H21FN2O/c1-11(19)14-8-13(16)4-5-15(14)18(3)10-12-6-7-17(2)9-12/h4-5,8,12H,6-7,9-10H2,1-3H3. The molecule has 0 N–H and O–H groups in total. The molecule has 1 aliphatic rings. The fraction of sp³-hybridized carbons (Fsp3) is 0.533. The molecule has 1 aliphatic heterocycles. The third kappa shape index (κ3) is 3.32. The summed E-state index contributed by atoms with van der Waals surface area (Å²) in [5.74, 6) is 0.160. The molecule has 0 amide bonds. The molecule has 0 aromatic heterocycles. The first-order valence-electron chi connectivity index (χ1n) is 6.67. The van der Waals surface area contributed by atoms with Gasteiger partial charge in [0, 0.05) is 31.4 Å². The van der Waals surface area contributed by atoms with Crippen LogP contribution < -0.4 is 4.90 Å². The van der Waals surface area contributed by atoms with Crippen molar-refractivity contribution in [3.05, 3.63) is 29.6 Å². The lowest BCUT2D eigenvalue weighted by molar-refractivity contribution is 0.101. The molecule has 3 nitrogen and oxygen atoms in total. The molecular formula is C15H21FN2O. The molecule has 1 aromatic carbocycles. The number of hydrogen-bond donors (Lipinski definition) is 0. The maximum Gasteiger partial charge on any atom is 0.161 e. The number of likely N-dealkylation sites (tertiary alicyclic amines) is 1. The van der Waals surface area contributed by atoms with E-state index in [-0.39, 0.29) is 11.6 Å². The van der Waals surface area contributed by atoms with Gasteiger partial charge >= 0.3 is 0 Å². The summed E-state index contributed by atoms with van der Waals surface area (Å²) in [4.78, 5) is 16.0. The zero-order valence-corrected chi connectivity index (χ0v) is 11.8. The third-order valence-corrected chi connectivity index (χ3v) is 3.77. The van der Waals surface area contributed by atoms with Crippen molar-refractivity contribution in [2.75, 3.05) is 38.6 Å². The van der Waals surface area contributed by atoms with E-state index in [1.807, 2.05) is 7.05 Å². The Hall–Kier alpha value is -1.42. The Morgan fingerprint density at radius 3 is 2.84 bits per heavy atom. The normalized spacial score (nSPS) is 19.7. The van der Waals surface area contributed by atoms with Crippen LogP contribution in [0, 0.1) is 11.7 Å². The van der Waals surface area contributed by atoms with Gasteiger partial charge in [-0.2, -0.15) is 0 Å². The van der Waals surface area contributed by atoms with Gasteiger partial charge in [-0.1, -0.05) is 0 Å². The maximum atomic E-state index is 13.2. The second kappa shape index (κ2) is 5.70. The average Bonchev–Trinajstić information content (AvgIpc) is 2.74. The average molecular weight is 264 g/mol. The molecule has 1 heterocycles. The summed E-state index contributed by atoms with van der Waals surface area (Å²) in [6.07, 6.45) is 1.18. The van der Waals surface area contributed by atoms with Crippen molar-refractivity contribution in [3.8, 4) is 0 Å². The van der Waals surface area contributed by atoms with Gasteiger partial charge in [0.05, 0.1) is 0 Å². The van der Waals surface area contributed by atoms with Crippen molar-refractivity contribution in [1.29, 1.82) is 0 Å². The van der Waals surface area contributed by atoms with E-state index < -0.39 is 0 Å². The summed E-state index contributed by atoms with van der Waals surface area (Å²) in [6, 6.07) is 4.44. The Morgan fingerprint density at radius 2 is 2.26 bits per heavy atom. The number of carbonyl (C=O) groups excluding carboxylic acids is 1. The van der Waals surface area contributed by atoms with Gasteiger partial charge in [-0.3, -0.25) is 4.79 Å². The van der Waals surface area contributed by atoms with Crippen LogP contribution in [0.25, 0.3) is 0 Å². The van der Waals surface area contributed by atoms with E-state index in [2.05, 4.69) is 16.8 Å². The summed E-state index contributed by atoms with van der Waals surface area (Å²) in [6.45, 7) is 4.59. The van der Waals surface area contributed by atoms with Gasteiger partial charge in [0.25, 0.3) is 0 Å². The number of Topliss-reactive ketones (excluding diaryl/α,β-unsaturated/α-hetero) is 1. The quantitative estimate of drug-likeness (QED) is 0.780. The number of nitrogens with zero attached hydrogens (tertiary/aromatic N) is 2. The SMILES string of the molecule is CC(=O)c1cc(F)ccc1N(C)CC1CCN(C)C1. The monoisotopic (exact) mass is 264 g/mol. The van der Waals surface area contributed by atoms with Gasteiger partial charge in [-0.15, -0.1) is 0 Å². The van der Waals surface area contributed by atoms with Crippen LogP contribution in [-0.2, 0) is 0 Å². The van der Waals surface area contributed by atoms with Gasteiger partial charge in [0.1, 0.15) is 5.82 Å². The van der Waals surface area contributed by atoms with Gasteiger partial charge in [-0.05, 0) is 51.1 Å². The molecule has 4 heteroatoms. The summed E-state index contributed by atoms with van der Waals surface area (Å²) in [5.41, 5.74) is 1.29. The molecule has 2 rings (SSSR count). The number of hydrogen-bond acceptors (Lipinski definition) is 3. The van der Waals surface area contributed by atoms with E-state index in [4.69, 9.17) is 0 Å². The maximum absolute atomic E-state index is 13.2. The highest BCUT2D eigenvalue weighted by Gasteiger charge is 2.22. The largest absolute Gasteiger partial charge is 0.374 e. The Morgan fingerprint density at radius 1 is 1.53 bits per heavy atom. The number of anilines is 1. The van der Waals surface area contributed by atoms with Crippen LogP contribution in [0.3, 0.4) is 0 Å². The first-order valence-corrected chi connectivity index (χ1v) is 6.67. The molecule has 0 bridgehead atoms. The fourth-order valence-electron chi connectivity index (χ4n) is 2.78. The smallest absolute Gasteiger partial charge is 0.161 e. The Bertz CT molecular complexity index is 475. The summed E-state index contributed by atoms with van der Waals surface area (Å²) < 4.78 is 13.2. The first-order chi connectivity index (χ1) is 8.97. The predicted octanol–water partition coefficient (Wildman–Crippen LogP) is 2.42. The molecular weight excluding hydrogens is 243 g/mol. The molecule has 19 heavy (non-hydrogen) atoms. The minimum Gasteiger partial charge on any atom is -0.374 e. The van der Waals surface area contributed by atoms with Crippen molar-refractivity contribution < 1.29 is 9.18 Å². The van der Waals surface area contributed by atoms with Crippen LogP contribution in [0.2, 0.25) is 0 Å². The number of ketones is 1.